The molecular weight excluding hydrogens is 208 g/mol. The van der Waals surface area contributed by atoms with Gasteiger partial charge in [0.1, 0.15) is 11.7 Å². The first-order chi connectivity index (χ1) is 7.59. The molecule has 0 aliphatic heterocycles. The van der Waals surface area contributed by atoms with Crippen LogP contribution in [0.2, 0.25) is 0 Å². The number of rotatable bonds is 2. The van der Waals surface area contributed by atoms with Crippen molar-refractivity contribution in [3.63, 3.8) is 0 Å². The van der Waals surface area contributed by atoms with Gasteiger partial charge in [-0.3, -0.25) is 4.79 Å². The molecule has 2 rings (SSSR count). The van der Waals surface area contributed by atoms with E-state index in [0.29, 0.717) is 0 Å². The molecule has 0 aromatic heterocycles. The van der Waals surface area contributed by atoms with Crippen molar-refractivity contribution < 1.29 is 19.1 Å². The summed E-state index contributed by atoms with van der Waals surface area (Å²) in [5.41, 5.74) is -0.355. The lowest BCUT2D eigenvalue weighted by Gasteiger charge is -2.36. The molecule has 0 aromatic carbocycles. The summed E-state index contributed by atoms with van der Waals surface area (Å²) in [5, 5.41) is 0. The minimum absolute atomic E-state index is 0.00512. The van der Waals surface area contributed by atoms with Crippen LogP contribution in [0, 0.1) is 17.9 Å². The molecule has 4 heteroatoms. The molecule has 0 unspecified atom stereocenters. The van der Waals surface area contributed by atoms with Gasteiger partial charge < -0.3 is 9.47 Å². The van der Waals surface area contributed by atoms with Crippen molar-refractivity contribution in [1.82, 2.24) is 0 Å². The van der Waals surface area contributed by atoms with Gasteiger partial charge in [-0.05, 0) is 39.0 Å². The van der Waals surface area contributed by atoms with Gasteiger partial charge in [-0.1, -0.05) is 0 Å². The van der Waals surface area contributed by atoms with Crippen molar-refractivity contribution in [3.8, 4) is 12.0 Å². The molecular formula is C12H14O4. The van der Waals surface area contributed by atoms with Gasteiger partial charge in [-0.25, -0.2) is 4.79 Å². The summed E-state index contributed by atoms with van der Waals surface area (Å²) < 4.78 is 9.73. The molecule has 86 valence electrons. The second-order valence-corrected chi connectivity index (χ2v) is 4.62. The smallest absolute Gasteiger partial charge is 0.388 e. The number of esters is 2. The Morgan fingerprint density at radius 2 is 2.00 bits per heavy atom. The number of carbonyl (C=O) groups is 2. The first-order valence-electron chi connectivity index (χ1n) is 5.54. The van der Waals surface area contributed by atoms with E-state index in [1.54, 1.807) is 0 Å². The van der Waals surface area contributed by atoms with Gasteiger partial charge in [0.2, 0.25) is 0 Å². The number of hydrogen-bond acceptors (Lipinski definition) is 4. The third-order valence-electron chi connectivity index (χ3n) is 2.97. The van der Waals surface area contributed by atoms with E-state index in [4.69, 9.17) is 4.74 Å². The van der Waals surface area contributed by atoms with Crippen molar-refractivity contribution in [2.75, 3.05) is 0 Å². The second kappa shape index (κ2) is 4.17. The van der Waals surface area contributed by atoms with E-state index >= 15 is 0 Å². The van der Waals surface area contributed by atoms with E-state index in [2.05, 4.69) is 16.8 Å². The Balaban J connectivity index is 1.73. The number of hydrogen-bond donors (Lipinski definition) is 0. The van der Waals surface area contributed by atoms with Crippen LogP contribution in [0.15, 0.2) is 0 Å². The largest absolute Gasteiger partial charge is 0.450 e. The summed E-state index contributed by atoms with van der Waals surface area (Å²) in [5.74, 6) is 1.20. The number of ether oxygens (including phenoxy) is 2. The van der Waals surface area contributed by atoms with Gasteiger partial charge in [0, 0.05) is 0 Å². The van der Waals surface area contributed by atoms with E-state index in [0.717, 1.165) is 32.1 Å². The molecule has 0 bridgehead atoms. The Bertz CT molecular complexity index is 366. The zero-order chi connectivity index (χ0) is 11.6. The highest BCUT2D eigenvalue weighted by atomic mass is 16.6. The zero-order valence-electron chi connectivity index (χ0n) is 9.25. The summed E-state index contributed by atoms with van der Waals surface area (Å²) in [4.78, 5) is 22.3. The van der Waals surface area contributed by atoms with E-state index in [1.165, 1.54) is 0 Å². The van der Waals surface area contributed by atoms with Crippen molar-refractivity contribution in [2.24, 2.45) is 5.92 Å². The molecule has 4 nitrogen and oxygen atoms in total. The molecule has 0 atom stereocenters. The molecule has 0 N–H and O–H groups in total. The van der Waals surface area contributed by atoms with E-state index in [1.807, 2.05) is 6.92 Å². The highest BCUT2D eigenvalue weighted by Crippen LogP contribution is 2.34. The molecule has 0 aromatic rings. The maximum atomic E-state index is 11.2. The highest BCUT2D eigenvalue weighted by molar-refractivity contribution is 5.89. The average molecular weight is 222 g/mol. The standard InChI is InChI=1S/C12H14O4/c1-12(6-2-7-12)16-10(13)5-8-15-11(14)9-3-4-9/h9H,2-4,6-7H2,1H3. The predicted molar refractivity (Wildman–Crippen MR) is 54.9 cm³/mol. The predicted octanol–water partition coefficient (Wildman–Crippen LogP) is 1.39. The lowest BCUT2D eigenvalue weighted by Crippen LogP contribution is -2.38. The minimum Gasteiger partial charge on any atom is -0.450 e. The van der Waals surface area contributed by atoms with Gasteiger partial charge in [0.25, 0.3) is 0 Å². The lowest BCUT2D eigenvalue weighted by molar-refractivity contribution is -0.158. The van der Waals surface area contributed by atoms with Crippen LogP contribution in [-0.2, 0) is 19.1 Å². The Labute approximate surface area is 94.3 Å². The summed E-state index contributed by atoms with van der Waals surface area (Å²) in [6, 6.07) is 0. The van der Waals surface area contributed by atoms with Crippen molar-refractivity contribution in [3.05, 3.63) is 0 Å². The highest BCUT2D eigenvalue weighted by Gasteiger charge is 2.35. The van der Waals surface area contributed by atoms with Crippen LogP contribution >= 0.6 is 0 Å². The third-order valence-corrected chi connectivity index (χ3v) is 2.97. The fraction of sp³-hybridized carbons (Fsp3) is 0.667. The fourth-order valence-corrected chi connectivity index (χ4v) is 1.55. The molecule has 2 aliphatic carbocycles. The lowest BCUT2D eigenvalue weighted by atomic mass is 9.82. The van der Waals surface area contributed by atoms with Gasteiger partial charge in [0.05, 0.1) is 11.8 Å². The van der Waals surface area contributed by atoms with Crippen molar-refractivity contribution >= 4 is 11.9 Å². The zero-order valence-corrected chi connectivity index (χ0v) is 9.25. The van der Waals surface area contributed by atoms with Crippen LogP contribution in [0.25, 0.3) is 0 Å². The van der Waals surface area contributed by atoms with E-state index in [9.17, 15) is 9.59 Å². The van der Waals surface area contributed by atoms with Crippen molar-refractivity contribution in [1.29, 1.82) is 0 Å². The molecule has 0 heterocycles. The van der Waals surface area contributed by atoms with Crippen LogP contribution in [0.5, 0.6) is 0 Å². The molecule has 2 fully saturated rings. The van der Waals surface area contributed by atoms with Crippen LogP contribution in [0.1, 0.15) is 39.0 Å². The first-order valence-corrected chi connectivity index (χ1v) is 5.54. The van der Waals surface area contributed by atoms with Gasteiger partial charge in [-0.2, -0.15) is 0 Å². The topological polar surface area (TPSA) is 52.6 Å². The Morgan fingerprint density at radius 1 is 1.31 bits per heavy atom. The molecule has 0 spiro atoms. The van der Waals surface area contributed by atoms with E-state index < -0.39 is 5.97 Å². The Kier molecular flexibility index (Phi) is 2.86. The summed E-state index contributed by atoms with van der Waals surface area (Å²) in [6.45, 7) is 1.88. The van der Waals surface area contributed by atoms with Crippen LogP contribution in [-0.4, -0.2) is 17.5 Å². The summed E-state index contributed by atoms with van der Waals surface area (Å²) in [6.07, 6.45) is 6.66. The maximum Gasteiger partial charge on any atom is 0.388 e. The molecule has 2 aliphatic rings. The molecule has 0 saturated heterocycles. The Hall–Kier alpha value is -1.50. The van der Waals surface area contributed by atoms with E-state index in [-0.39, 0.29) is 17.5 Å². The number of carbonyl (C=O) groups excluding carboxylic acids is 2. The second-order valence-electron chi connectivity index (χ2n) is 4.62. The monoisotopic (exact) mass is 222 g/mol. The Morgan fingerprint density at radius 3 is 2.50 bits per heavy atom. The third kappa shape index (κ3) is 2.75. The van der Waals surface area contributed by atoms with Gasteiger partial charge in [0.15, 0.2) is 0 Å². The van der Waals surface area contributed by atoms with Crippen molar-refractivity contribution in [2.45, 2.75) is 44.6 Å². The summed E-state index contributed by atoms with van der Waals surface area (Å²) in [7, 11) is 0. The summed E-state index contributed by atoms with van der Waals surface area (Å²) >= 11 is 0. The minimum atomic E-state index is -0.620. The molecule has 0 radical (unpaired) electrons. The first kappa shape index (κ1) is 11.0. The average Bonchev–Trinajstić information content (AvgIpc) is 2.98. The molecule has 0 amide bonds. The van der Waals surface area contributed by atoms with Crippen LogP contribution < -0.4 is 0 Å². The molecule has 2 saturated carbocycles. The quantitative estimate of drug-likeness (QED) is 0.523. The van der Waals surface area contributed by atoms with Crippen LogP contribution in [0.3, 0.4) is 0 Å². The maximum absolute atomic E-state index is 11.2. The fourth-order valence-electron chi connectivity index (χ4n) is 1.55. The van der Waals surface area contributed by atoms with Gasteiger partial charge >= 0.3 is 11.9 Å². The SMILES string of the molecule is CC1(OC(=O)C#COC(=O)C2CC2)CCC1. The van der Waals surface area contributed by atoms with Crippen LogP contribution in [0.4, 0.5) is 0 Å². The molecule has 16 heavy (non-hydrogen) atoms. The normalized spacial score (nSPS) is 21.1. The van der Waals surface area contributed by atoms with Gasteiger partial charge in [-0.15, -0.1) is 0 Å².